The summed E-state index contributed by atoms with van der Waals surface area (Å²) in [6.07, 6.45) is 6.52. The Hall–Kier alpha value is -2.79. The second kappa shape index (κ2) is 16.5. The van der Waals surface area contributed by atoms with Crippen LogP contribution in [0.2, 0.25) is 0 Å². The number of aliphatic hydroxyl groups is 2. The maximum atomic E-state index is 11.9. The molecule has 0 spiro atoms. The highest BCUT2D eigenvalue weighted by molar-refractivity contribution is 7.89. The molecule has 1 atom stereocenters. The molecule has 0 aliphatic carbocycles. The van der Waals surface area contributed by atoms with Gasteiger partial charge in [-0.15, -0.1) is 0 Å². The number of hydrogen-bond acceptors (Lipinski definition) is 7. The number of hydrogen-bond donors (Lipinski definition) is 5. The topological polar surface area (TPSA) is 142 Å². The first-order chi connectivity index (χ1) is 19.3. The third-order valence-electron chi connectivity index (χ3n) is 6.85. The molecule has 0 fully saturated rings. The Balaban J connectivity index is 1.19. The molecule has 0 amide bonds. The third kappa shape index (κ3) is 10.3. The minimum absolute atomic E-state index is 0.0338. The van der Waals surface area contributed by atoms with Crippen molar-refractivity contribution >= 4 is 10.0 Å². The first-order valence-electron chi connectivity index (χ1n) is 13.9. The number of aromatic hydroxyl groups is 1. The molecule has 3 aromatic carbocycles. The Kier molecular flexibility index (Phi) is 13.1. The highest BCUT2D eigenvalue weighted by atomic mass is 32.2. The van der Waals surface area contributed by atoms with E-state index in [-0.39, 0.29) is 17.3 Å². The first-order valence-corrected chi connectivity index (χ1v) is 15.4. The van der Waals surface area contributed by atoms with Crippen LogP contribution in [0, 0.1) is 0 Å². The lowest BCUT2D eigenvalue weighted by atomic mass is 10.0. The number of rotatable bonds is 18. The lowest BCUT2D eigenvalue weighted by molar-refractivity contribution is 0.126. The van der Waals surface area contributed by atoms with E-state index >= 15 is 0 Å². The lowest BCUT2D eigenvalue weighted by Gasteiger charge is -2.14. The van der Waals surface area contributed by atoms with Gasteiger partial charge in [0.15, 0.2) is 0 Å². The molecule has 40 heavy (non-hydrogen) atoms. The standard InChI is InChI=1S/C31H42N2O6S/c32-40(37,38)31-11-4-3-10-28(31)25-14-12-24(13-15-25)9-5-8-20-39-19-7-2-1-6-18-33-22-30(36)26-16-17-29(35)27(21-26)23-34/h3-4,10-17,21,30,33-36H,1-2,5-9,18-20,22-23H2,(H2,32,37,38)/t30-/m0/s1. The number of nitrogens with two attached hydrogens (primary N) is 1. The van der Waals surface area contributed by atoms with Gasteiger partial charge in [-0.1, -0.05) is 61.4 Å². The number of sulfonamides is 1. The maximum Gasteiger partial charge on any atom is 0.238 e. The number of ether oxygens (including phenoxy) is 1. The third-order valence-corrected chi connectivity index (χ3v) is 7.82. The van der Waals surface area contributed by atoms with Crippen LogP contribution >= 0.6 is 0 Å². The minimum Gasteiger partial charge on any atom is -0.508 e. The Morgan fingerprint density at radius 1 is 0.875 bits per heavy atom. The summed E-state index contributed by atoms with van der Waals surface area (Å²) in [7, 11) is -3.78. The quantitative estimate of drug-likeness (QED) is 0.143. The maximum absolute atomic E-state index is 11.9. The summed E-state index contributed by atoms with van der Waals surface area (Å²) < 4.78 is 29.5. The van der Waals surface area contributed by atoms with Crippen molar-refractivity contribution in [3.8, 4) is 16.9 Å². The van der Waals surface area contributed by atoms with Crippen LogP contribution in [0.4, 0.5) is 0 Å². The molecule has 0 saturated carbocycles. The van der Waals surface area contributed by atoms with Gasteiger partial charge in [0.1, 0.15) is 5.75 Å². The first kappa shape index (κ1) is 31.7. The van der Waals surface area contributed by atoms with E-state index in [9.17, 15) is 23.7 Å². The number of unbranched alkanes of at least 4 members (excludes halogenated alkanes) is 4. The summed E-state index contributed by atoms with van der Waals surface area (Å²) in [5.41, 5.74) is 3.74. The van der Waals surface area contributed by atoms with E-state index in [1.165, 1.54) is 17.7 Å². The molecule has 0 aliphatic heterocycles. The Bertz CT molecular complexity index is 1280. The molecule has 0 radical (unpaired) electrons. The normalized spacial score (nSPS) is 12.5. The van der Waals surface area contributed by atoms with Crippen LogP contribution in [0.1, 0.15) is 61.3 Å². The number of primary sulfonamides is 1. The van der Waals surface area contributed by atoms with Crippen molar-refractivity contribution in [2.24, 2.45) is 5.14 Å². The number of benzene rings is 3. The average molecular weight is 571 g/mol. The van der Waals surface area contributed by atoms with Gasteiger partial charge >= 0.3 is 0 Å². The fourth-order valence-electron chi connectivity index (χ4n) is 4.54. The average Bonchev–Trinajstić information content (AvgIpc) is 2.95. The predicted octanol–water partition coefficient (Wildman–Crippen LogP) is 4.42. The van der Waals surface area contributed by atoms with Gasteiger partial charge in [-0.2, -0.15) is 0 Å². The SMILES string of the molecule is NS(=O)(=O)c1ccccc1-c1ccc(CCCCOCCCCCCNC[C@H](O)c2ccc(O)c(CO)c2)cc1. The summed E-state index contributed by atoms with van der Waals surface area (Å²) in [4.78, 5) is 0.136. The molecule has 218 valence electrons. The van der Waals surface area contributed by atoms with E-state index in [4.69, 9.17) is 9.88 Å². The number of phenols is 1. The van der Waals surface area contributed by atoms with Crippen LogP contribution in [-0.2, 0) is 27.8 Å². The highest BCUT2D eigenvalue weighted by Gasteiger charge is 2.14. The molecule has 8 nitrogen and oxygen atoms in total. The summed E-state index contributed by atoms with van der Waals surface area (Å²) in [5, 5.41) is 37.8. The summed E-state index contributed by atoms with van der Waals surface area (Å²) in [6.45, 7) is 2.49. The van der Waals surface area contributed by atoms with Crippen molar-refractivity contribution < 1.29 is 28.5 Å². The fourth-order valence-corrected chi connectivity index (χ4v) is 5.30. The van der Waals surface area contributed by atoms with Gasteiger partial charge in [-0.25, -0.2) is 13.6 Å². The van der Waals surface area contributed by atoms with Crippen LogP contribution in [0.3, 0.4) is 0 Å². The van der Waals surface area contributed by atoms with E-state index in [1.54, 1.807) is 30.3 Å². The monoisotopic (exact) mass is 570 g/mol. The van der Waals surface area contributed by atoms with Crippen molar-refractivity contribution in [3.05, 3.63) is 83.4 Å². The van der Waals surface area contributed by atoms with Gasteiger partial charge in [0.25, 0.3) is 0 Å². The fraction of sp³-hybridized carbons (Fsp3) is 0.419. The molecule has 6 N–H and O–H groups in total. The van der Waals surface area contributed by atoms with Gasteiger partial charge in [-0.3, -0.25) is 0 Å². The van der Waals surface area contributed by atoms with E-state index in [2.05, 4.69) is 5.32 Å². The zero-order chi connectivity index (χ0) is 28.8. The van der Waals surface area contributed by atoms with Gasteiger partial charge in [0.05, 0.1) is 17.6 Å². The van der Waals surface area contributed by atoms with E-state index in [0.717, 1.165) is 70.3 Å². The van der Waals surface area contributed by atoms with Crippen LogP contribution in [0.5, 0.6) is 5.75 Å². The summed E-state index contributed by atoms with van der Waals surface area (Å²) >= 11 is 0. The second-order valence-corrected chi connectivity index (χ2v) is 11.5. The zero-order valence-electron chi connectivity index (χ0n) is 23.0. The molecule has 0 aromatic heterocycles. The van der Waals surface area contributed by atoms with Crippen LogP contribution in [0.25, 0.3) is 11.1 Å². The smallest absolute Gasteiger partial charge is 0.238 e. The van der Waals surface area contributed by atoms with Crippen LogP contribution < -0.4 is 10.5 Å². The van der Waals surface area contributed by atoms with Crippen molar-refractivity contribution in [3.63, 3.8) is 0 Å². The van der Waals surface area contributed by atoms with Crippen molar-refractivity contribution in [1.29, 1.82) is 0 Å². The predicted molar refractivity (Wildman–Crippen MR) is 157 cm³/mol. The summed E-state index contributed by atoms with van der Waals surface area (Å²) in [5.74, 6) is 0.0338. The van der Waals surface area contributed by atoms with E-state index in [1.807, 2.05) is 24.3 Å². The molecule has 0 saturated heterocycles. The van der Waals surface area contributed by atoms with Gasteiger partial charge in [0.2, 0.25) is 10.0 Å². The molecule has 9 heteroatoms. The summed E-state index contributed by atoms with van der Waals surface area (Å²) in [6, 6.07) is 19.5. The molecule has 3 aromatic rings. The van der Waals surface area contributed by atoms with Crippen LogP contribution in [0.15, 0.2) is 71.6 Å². The Morgan fingerprint density at radius 3 is 2.30 bits per heavy atom. The van der Waals surface area contributed by atoms with Gasteiger partial charge < -0.3 is 25.4 Å². The largest absolute Gasteiger partial charge is 0.508 e. The van der Waals surface area contributed by atoms with Crippen molar-refractivity contribution in [1.82, 2.24) is 5.32 Å². The highest BCUT2D eigenvalue weighted by Crippen LogP contribution is 2.27. The minimum atomic E-state index is -3.78. The van der Waals surface area contributed by atoms with Crippen LogP contribution in [-0.4, -0.2) is 50.0 Å². The Morgan fingerprint density at radius 2 is 1.57 bits per heavy atom. The van der Waals surface area contributed by atoms with Gasteiger partial charge in [-0.05, 0) is 73.5 Å². The van der Waals surface area contributed by atoms with Gasteiger partial charge in [0, 0.05) is 30.9 Å². The molecule has 0 unspecified atom stereocenters. The molecular formula is C31H42N2O6S. The lowest BCUT2D eigenvalue weighted by Crippen LogP contribution is -2.22. The molecule has 0 bridgehead atoms. The number of aryl methyl sites for hydroxylation is 1. The zero-order valence-corrected chi connectivity index (χ0v) is 23.8. The Labute approximate surface area is 237 Å². The molecule has 0 aliphatic rings. The van der Waals surface area contributed by atoms with Crippen molar-refractivity contribution in [2.45, 2.75) is 62.6 Å². The molecule has 3 rings (SSSR count). The number of aliphatic hydroxyl groups excluding tert-OH is 2. The van der Waals surface area contributed by atoms with Crippen molar-refractivity contribution in [2.75, 3.05) is 26.3 Å². The molecular weight excluding hydrogens is 528 g/mol. The number of nitrogens with one attached hydrogen (secondary N) is 1. The van der Waals surface area contributed by atoms with E-state index < -0.39 is 16.1 Å². The second-order valence-electron chi connectivity index (χ2n) is 9.99. The van der Waals surface area contributed by atoms with E-state index in [0.29, 0.717) is 23.2 Å². The molecule has 0 heterocycles.